The van der Waals surface area contributed by atoms with E-state index in [1.807, 2.05) is 20.5 Å². The fraction of sp³-hybridized carbons (Fsp3) is 0.267. The lowest BCUT2D eigenvalue weighted by Gasteiger charge is -2.06. The zero-order valence-electron chi connectivity index (χ0n) is 13.6. The molecule has 0 spiro atoms. The van der Waals surface area contributed by atoms with Gasteiger partial charge in [0.15, 0.2) is 5.69 Å². The Balaban J connectivity index is 1.79. The first-order chi connectivity index (χ1) is 12.3. The number of sulfonamides is 1. The van der Waals surface area contributed by atoms with Crippen LogP contribution in [0.4, 0.5) is 0 Å². The molecule has 0 saturated carbocycles. The lowest BCUT2D eigenvalue weighted by atomic mass is 10.4. The number of thiazole rings is 1. The highest BCUT2D eigenvalue weighted by molar-refractivity contribution is 7.89. The lowest BCUT2D eigenvalue weighted by molar-refractivity contribution is -0.506. The third-order valence-electron chi connectivity index (χ3n) is 3.76. The van der Waals surface area contributed by atoms with Gasteiger partial charge in [-0.1, -0.05) is 29.5 Å². The van der Waals surface area contributed by atoms with Gasteiger partial charge in [0.1, 0.15) is 12.4 Å². The van der Waals surface area contributed by atoms with Gasteiger partial charge in [0.05, 0.1) is 23.7 Å². The van der Waals surface area contributed by atoms with Crippen LogP contribution < -0.4 is 9.12 Å². The maximum atomic E-state index is 12.4. The van der Waals surface area contributed by atoms with Crippen LogP contribution in [0.2, 0.25) is 0 Å². The minimum Gasteiger partial charge on any atom is -0.286 e. The third kappa shape index (κ3) is 4.48. The Morgan fingerprint density at radius 1 is 1.15 bits per heavy atom. The van der Waals surface area contributed by atoms with Crippen molar-refractivity contribution in [3.05, 3.63) is 53.8 Å². The first-order valence-corrected chi connectivity index (χ1v) is 11.7. The van der Waals surface area contributed by atoms with Gasteiger partial charge in [-0.15, -0.1) is 0 Å². The predicted molar refractivity (Wildman–Crippen MR) is 97.0 cm³/mol. The molecule has 11 heteroatoms. The van der Waals surface area contributed by atoms with E-state index < -0.39 is 20.1 Å². The molecule has 2 aromatic heterocycles. The van der Waals surface area contributed by atoms with Crippen LogP contribution in [0, 0.1) is 0 Å². The number of aromatic nitrogens is 2. The van der Waals surface area contributed by atoms with Gasteiger partial charge in [-0.3, -0.25) is 4.55 Å². The molecule has 0 aliphatic carbocycles. The zero-order valence-corrected chi connectivity index (χ0v) is 16.1. The Morgan fingerprint density at radius 2 is 1.88 bits per heavy atom. The number of rotatable bonds is 8. The number of fused-ring (bicyclic) bond motifs is 1. The highest BCUT2D eigenvalue weighted by atomic mass is 32.2. The van der Waals surface area contributed by atoms with Gasteiger partial charge in [0.2, 0.25) is 10.0 Å². The Bertz CT molecular complexity index is 1100. The Morgan fingerprint density at radius 3 is 2.58 bits per heavy atom. The van der Waals surface area contributed by atoms with Crippen molar-refractivity contribution in [3.8, 4) is 0 Å². The van der Waals surface area contributed by atoms with Crippen molar-refractivity contribution in [2.75, 3.05) is 5.75 Å². The molecule has 2 heterocycles. The molecular weight excluding hydrogens is 398 g/mol. The van der Waals surface area contributed by atoms with Crippen LogP contribution in [0.15, 0.2) is 53.0 Å². The minimum atomic E-state index is -4.03. The normalized spacial score (nSPS) is 12.7. The van der Waals surface area contributed by atoms with Gasteiger partial charge in [-0.2, -0.15) is 12.8 Å². The maximum Gasteiger partial charge on any atom is 0.345 e. The van der Waals surface area contributed by atoms with Gasteiger partial charge in [-0.25, -0.2) is 17.7 Å². The molecule has 0 saturated heterocycles. The van der Waals surface area contributed by atoms with Gasteiger partial charge < -0.3 is 0 Å². The molecule has 0 aliphatic rings. The molecule has 3 aromatic rings. The Labute approximate surface area is 155 Å². The highest BCUT2D eigenvalue weighted by Crippen LogP contribution is 2.14. The average molecular weight is 417 g/mol. The molecule has 0 fully saturated rings. The van der Waals surface area contributed by atoms with E-state index >= 15 is 0 Å². The SMILES string of the molecule is O=S(=O)(O)CCCn1c(CNS(=O)(=O)c2ccccc2)c[n+]2ccsc12. The van der Waals surface area contributed by atoms with Gasteiger partial charge in [0, 0.05) is 11.8 Å². The second kappa shape index (κ2) is 7.45. The van der Waals surface area contributed by atoms with Gasteiger partial charge in [-0.05, 0) is 12.1 Å². The van der Waals surface area contributed by atoms with Crippen molar-refractivity contribution in [2.24, 2.45) is 0 Å². The van der Waals surface area contributed by atoms with Crippen LogP contribution in [0.3, 0.4) is 0 Å². The van der Waals surface area contributed by atoms with Crippen molar-refractivity contribution in [1.29, 1.82) is 0 Å². The van der Waals surface area contributed by atoms with Crippen molar-refractivity contribution in [2.45, 2.75) is 24.4 Å². The molecule has 0 amide bonds. The molecule has 0 bridgehead atoms. The number of hydrogen-bond donors (Lipinski definition) is 2. The summed E-state index contributed by atoms with van der Waals surface area (Å²) in [5.41, 5.74) is 0.701. The number of hydrogen-bond acceptors (Lipinski definition) is 5. The number of imidazole rings is 1. The van der Waals surface area contributed by atoms with Crippen molar-refractivity contribution in [1.82, 2.24) is 9.29 Å². The molecule has 0 aliphatic heterocycles. The summed E-state index contributed by atoms with van der Waals surface area (Å²) in [5, 5.41) is 1.88. The summed E-state index contributed by atoms with van der Waals surface area (Å²) in [7, 11) is -7.67. The maximum absolute atomic E-state index is 12.4. The number of nitrogens with zero attached hydrogens (tertiary/aromatic N) is 2. The van der Waals surface area contributed by atoms with Crippen LogP contribution in [-0.2, 0) is 33.2 Å². The summed E-state index contributed by atoms with van der Waals surface area (Å²) in [5.74, 6) is -0.349. The number of benzene rings is 1. The van der Waals surface area contributed by atoms with E-state index in [-0.39, 0.29) is 23.6 Å². The molecule has 0 unspecified atom stereocenters. The molecule has 140 valence electrons. The third-order valence-corrected chi connectivity index (χ3v) is 6.88. The summed E-state index contributed by atoms with van der Waals surface area (Å²) >= 11 is 1.46. The fourth-order valence-electron chi connectivity index (χ4n) is 2.57. The summed E-state index contributed by atoms with van der Waals surface area (Å²) < 4.78 is 61.8. The second-order valence-electron chi connectivity index (χ2n) is 5.64. The van der Waals surface area contributed by atoms with E-state index in [0.717, 1.165) is 4.96 Å². The smallest absolute Gasteiger partial charge is 0.286 e. The summed E-state index contributed by atoms with van der Waals surface area (Å²) in [6, 6.07) is 8.07. The van der Waals surface area contributed by atoms with Gasteiger partial charge >= 0.3 is 4.96 Å². The second-order valence-corrected chi connectivity index (χ2v) is 9.85. The first kappa shape index (κ1) is 19.0. The van der Waals surface area contributed by atoms with Crippen LogP contribution in [0.5, 0.6) is 0 Å². The summed E-state index contributed by atoms with van der Waals surface area (Å²) in [6.07, 6.45) is 3.86. The average Bonchev–Trinajstić information content (AvgIpc) is 3.15. The van der Waals surface area contributed by atoms with Crippen LogP contribution in [-0.4, -0.2) is 31.7 Å². The largest absolute Gasteiger partial charge is 0.345 e. The van der Waals surface area contributed by atoms with Crippen molar-refractivity contribution < 1.29 is 25.8 Å². The zero-order chi connectivity index (χ0) is 18.8. The van der Waals surface area contributed by atoms with Crippen molar-refractivity contribution >= 4 is 36.4 Å². The molecule has 1 aromatic carbocycles. The number of nitrogens with one attached hydrogen (secondary N) is 1. The highest BCUT2D eigenvalue weighted by Gasteiger charge is 2.22. The summed E-state index contributed by atoms with van der Waals surface area (Å²) in [4.78, 5) is 1.04. The molecule has 0 atom stereocenters. The standard InChI is InChI=1S/C15H17N3O5S3/c19-25(20,21)10-4-7-18-13(12-17-8-9-24-15(17)18)11-16-26(22,23)14-5-2-1-3-6-14/h1-3,5-6,8-9,12,16H,4,7,10-11H2/p+1. The topological polar surface area (TPSA) is 110 Å². The van der Waals surface area contributed by atoms with E-state index in [2.05, 4.69) is 4.72 Å². The molecule has 0 radical (unpaired) electrons. The predicted octanol–water partition coefficient (Wildman–Crippen LogP) is 1.04. The summed E-state index contributed by atoms with van der Waals surface area (Å²) in [6.45, 7) is 0.413. The lowest BCUT2D eigenvalue weighted by Crippen LogP contribution is -2.24. The van der Waals surface area contributed by atoms with Crippen LogP contribution >= 0.6 is 11.3 Å². The van der Waals surface area contributed by atoms with E-state index in [0.29, 0.717) is 12.2 Å². The first-order valence-electron chi connectivity index (χ1n) is 7.73. The van der Waals surface area contributed by atoms with E-state index in [9.17, 15) is 16.8 Å². The van der Waals surface area contributed by atoms with Crippen molar-refractivity contribution in [3.63, 3.8) is 0 Å². The Kier molecular flexibility index (Phi) is 5.44. The molecule has 2 N–H and O–H groups in total. The fourth-order valence-corrected chi connectivity index (χ4v) is 4.97. The Hall–Kier alpha value is -1.79. The van der Waals surface area contributed by atoms with Crippen LogP contribution in [0.25, 0.3) is 4.96 Å². The van der Waals surface area contributed by atoms with Crippen LogP contribution in [0.1, 0.15) is 12.1 Å². The van der Waals surface area contributed by atoms with E-state index in [4.69, 9.17) is 4.55 Å². The molecule has 3 rings (SSSR count). The quantitative estimate of drug-likeness (QED) is 0.421. The minimum absolute atomic E-state index is 0.0670. The van der Waals surface area contributed by atoms with Gasteiger partial charge in [0.25, 0.3) is 10.1 Å². The molecular formula is C15H18N3O5S3+. The number of aryl methyl sites for hydroxylation is 1. The van der Waals surface area contributed by atoms with E-state index in [1.54, 1.807) is 24.4 Å². The molecule has 26 heavy (non-hydrogen) atoms. The monoisotopic (exact) mass is 416 g/mol. The van der Waals surface area contributed by atoms with E-state index in [1.165, 1.54) is 23.5 Å². The molecule has 8 nitrogen and oxygen atoms in total.